The molecule has 5 heteroatoms. The standard InChI is InChI=1S/C16H18F3NO/c1-9-2-4-10(5-3-9)14-12-8-11(16(17,18)19)6-7-13(12)20-15(14)21/h6-10,14H,2-5H2,1H3,(H,20,21). The highest BCUT2D eigenvalue weighted by molar-refractivity contribution is 6.03. The lowest BCUT2D eigenvalue weighted by Gasteiger charge is -2.29. The summed E-state index contributed by atoms with van der Waals surface area (Å²) in [6.07, 6.45) is -0.457. The highest BCUT2D eigenvalue weighted by atomic mass is 19.4. The van der Waals surface area contributed by atoms with Crippen molar-refractivity contribution in [2.45, 2.75) is 44.7 Å². The summed E-state index contributed by atoms with van der Waals surface area (Å²) in [4.78, 5) is 12.2. The predicted octanol–water partition coefficient (Wildman–Crippen LogP) is 4.57. The number of alkyl halides is 3. The van der Waals surface area contributed by atoms with E-state index in [4.69, 9.17) is 0 Å². The first-order valence-corrected chi connectivity index (χ1v) is 7.38. The van der Waals surface area contributed by atoms with Crippen LogP contribution >= 0.6 is 0 Å². The quantitative estimate of drug-likeness (QED) is 0.808. The second-order valence-electron chi connectivity index (χ2n) is 6.29. The third kappa shape index (κ3) is 2.65. The molecule has 114 valence electrons. The molecule has 1 aliphatic carbocycles. The fraction of sp³-hybridized carbons (Fsp3) is 0.562. The first kappa shape index (κ1) is 14.4. The van der Waals surface area contributed by atoms with Crippen LogP contribution in [0.3, 0.4) is 0 Å². The fourth-order valence-corrected chi connectivity index (χ4v) is 3.55. The molecule has 0 spiro atoms. The summed E-state index contributed by atoms with van der Waals surface area (Å²) in [5, 5.41) is 2.73. The number of carbonyl (C=O) groups excluding carboxylic acids is 1. The summed E-state index contributed by atoms with van der Waals surface area (Å²) in [6, 6.07) is 3.56. The number of halogens is 3. The van der Waals surface area contributed by atoms with Gasteiger partial charge < -0.3 is 5.32 Å². The summed E-state index contributed by atoms with van der Waals surface area (Å²) in [5.41, 5.74) is 0.387. The topological polar surface area (TPSA) is 29.1 Å². The fourth-order valence-electron chi connectivity index (χ4n) is 3.55. The van der Waals surface area contributed by atoms with Crippen LogP contribution in [-0.2, 0) is 11.0 Å². The normalized spacial score (nSPS) is 29.1. The van der Waals surface area contributed by atoms with Gasteiger partial charge in [-0.05, 0) is 48.4 Å². The van der Waals surface area contributed by atoms with Gasteiger partial charge in [0.05, 0.1) is 11.5 Å². The van der Waals surface area contributed by atoms with Crippen LogP contribution in [0.4, 0.5) is 18.9 Å². The Hall–Kier alpha value is -1.52. The summed E-state index contributed by atoms with van der Waals surface area (Å²) in [6.45, 7) is 2.18. The Kier molecular flexibility index (Phi) is 3.46. The van der Waals surface area contributed by atoms with E-state index >= 15 is 0 Å². The third-order valence-electron chi connectivity index (χ3n) is 4.79. The number of carbonyl (C=O) groups is 1. The molecule has 0 saturated heterocycles. The van der Waals surface area contributed by atoms with Crippen LogP contribution in [-0.4, -0.2) is 5.91 Å². The number of fused-ring (bicyclic) bond motifs is 1. The van der Waals surface area contributed by atoms with E-state index in [-0.39, 0.29) is 11.8 Å². The van der Waals surface area contributed by atoms with E-state index in [2.05, 4.69) is 12.2 Å². The van der Waals surface area contributed by atoms with Crippen LogP contribution in [0.1, 0.15) is 49.7 Å². The zero-order valence-electron chi connectivity index (χ0n) is 11.8. The van der Waals surface area contributed by atoms with E-state index in [1.165, 1.54) is 6.07 Å². The van der Waals surface area contributed by atoms with Gasteiger partial charge in [-0.1, -0.05) is 19.8 Å². The van der Waals surface area contributed by atoms with E-state index in [1.807, 2.05) is 0 Å². The molecule has 1 atom stereocenters. The molecule has 1 amide bonds. The maximum absolute atomic E-state index is 12.9. The Morgan fingerprint density at radius 1 is 1.14 bits per heavy atom. The van der Waals surface area contributed by atoms with Crippen LogP contribution in [0, 0.1) is 11.8 Å². The largest absolute Gasteiger partial charge is 0.416 e. The van der Waals surface area contributed by atoms with Crippen LogP contribution in [0.2, 0.25) is 0 Å². The molecule has 1 saturated carbocycles. The molecule has 0 aromatic heterocycles. The average molecular weight is 297 g/mol. The second-order valence-corrected chi connectivity index (χ2v) is 6.29. The van der Waals surface area contributed by atoms with Crippen molar-refractivity contribution >= 4 is 11.6 Å². The van der Waals surface area contributed by atoms with Crippen molar-refractivity contribution in [3.05, 3.63) is 29.3 Å². The second kappa shape index (κ2) is 5.04. The molecule has 2 nitrogen and oxygen atoms in total. The summed E-state index contributed by atoms with van der Waals surface area (Å²) >= 11 is 0. The minimum Gasteiger partial charge on any atom is -0.325 e. The number of anilines is 1. The van der Waals surface area contributed by atoms with Crippen molar-refractivity contribution in [2.24, 2.45) is 11.8 Å². The lowest BCUT2D eigenvalue weighted by atomic mass is 9.74. The smallest absolute Gasteiger partial charge is 0.325 e. The average Bonchev–Trinajstić information content (AvgIpc) is 2.74. The van der Waals surface area contributed by atoms with Gasteiger partial charge in [0.1, 0.15) is 0 Å². The summed E-state index contributed by atoms with van der Waals surface area (Å²) in [7, 11) is 0. The van der Waals surface area contributed by atoms with Gasteiger partial charge in [-0.15, -0.1) is 0 Å². The van der Waals surface area contributed by atoms with Crippen LogP contribution in [0.5, 0.6) is 0 Å². The molecule has 1 fully saturated rings. The van der Waals surface area contributed by atoms with Crippen LogP contribution < -0.4 is 5.32 Å². The molecule has 2 aliphatic rings. The van der Waals surface area contributed by atoms with Gasteiger partial charge in [0.2, 0.25) is 5.91 Å². The van der Waals surface area contributed by atoms with Gasteiger partial charge in [-0.25, -0.2) is 0 Å². The maximum atomic E-state index is 12.9. The molecular weight excluding hydrogens is 279 g/mol. The number of hydrogen-bond acceptors (Lipinski definition) is 1. The predicted molar refractivity (Wildman–Crippen MR) is 73.9 cm³/mol. The SMILES string of the molecule is CC1CCC(C2C(=O)Nc3ccc(C(F)(F)F)cc32)CC1. The Morgan fingerprint density at radius 2 is 1.81 bits per heavy atom. The molecule has 0 bridgehead atoms. The maximum Gasteiger partial charge on any atom is 0.416 e. The van der Waals surface area contributed by atoms with E-state index in [0.717, 1.165) is 37.8 Å². The van der Waals surface area contributed by atoms with E-state index in [0.29, 0.717) is 17.2 Å². The molecule has 21 heavy (non-hydrogen) atoms. The lowest BCUT2D eigenvalue weighted by Crippen LogP contribution is -2.24. The van der Waals surface area contributed by atoms with Gasteiger partial charge >= 0.3 is 6.18 Å². The van der Waals surface area contributed by atoms with Crippen molar-refractivity contribution in [2.75, 3.05) is 5.32 Å². The van der Waals surface area contributed by atoms with Crippen LogP contribution in [0.25, 0.3) is 0 Å². The van der Waals surface area contributed by atoms with Gasteiger partial charge in [0, 0.05) is 5.69 Å². The molecular formula is C16H18F3NO. The summed E-state index contributed by atoms with van der Waals surface area (Å²) in [5.74, 6) is 0.233. The minimum absolute atomic E-state index is 0.149. The molecule has 1 unspecified atom stereocenters. The zero-order chi connectivity index (χ0) is 15.2. The monoisotopic (exact) mass is 297 g/mol. The van der Waals surface area contributed by atoms with Crippen molar-refractivity contribution in [3.8, 4) is 0 Å². The highest BCUT2D eigenvalue weighted by Gasteiger charge is 2.40. The van der Waals surface area contributed by atoms with E-state index < -0.39 is 17.7 Å². The lowest BCUT2D eigenvalue weighted by molar-refractivity contribution is -0.137. The van der Waals surface area contributed by atoms with E-state index in [1.54, 1.807) is 0 Å². The van der Waals surface area contributed by atoms with Crippen molar-refractivity contribution < 1.29 is 18.0 Å². The number of amides is 1. The molecule has 3 rings (SSSR count). The molecule has 0 radical (unpaired) electrons. The Balaban J connectivity index is 1.92. The molecule has 1 aliphatic heterocycles. The Morgan fingerprint density at radius 3 is 2.43 bits per heavy atom. The van der Waals surface area contributed by atoms with Gasteiger partial charge in [0.25, 0.3) is 0 Å². The van der Waals surface area contributed by atoms with Crippen molar-refractivity contribution in [1.29, 1.82) is 0 Å². The Labute approximate surface area is 121 Å². The van der Waals surface area contributed by atoms with Gasteiger partial charge in [-0.3, -0.25) is 4.79 Å². The van der Waals surface area contributed by atoms with Crippen molar-refractivity contribution in [3.63, 3.8) is 0 Å². The zero-order valence-corrected chi connectivity index (χ0v) is 11.8. The summed E-state index contributed by atoms with van der Waals surface area (Å²) < 4.78 is 38.6. The molecule has 1 aromatic rings. The number of nitrogens with one attached hydrogen (secondary N) is 1. The van der Waals surface area contributed by atoms with Gasteiger partial charge in [0.15, 0.2) is 0 Å². The molecule has 1 N–H and O–H groups in total. The van der Waals surface area contributed by atoms with E-state index in [9.17, 15) is 18.0 Å². The first-order valence-electron chi connectivity index (χ1n) is 7.38. The number of hydrogen-bond donors (Lipinski definition) is 1. The molecule has 1 heterocycles. The molecule has 1 aromatic carbocycles. The van der Waals surface area contributed by atoms with Crippen molar-refractivity contribution in [1.82, 2.24) is 0 Å². The number of benzene rings is 1. The number of rotatable bonds is 1. The third-order valence-corrected chi connectivity index (χ3v) is 4.79. The highest BCUT2D eigenvalue weighted by Crippen LogP contribution is 2.45. The Bertz CT molecular complexity index is 559. The first-order chi connectivity index (χ1) is 9.86. The minimum atomic E-state index is -4.37. The van der Waals surface area contributed by atoms with Gasteiger partial charge in [-0.2, -0.15) is 13.2 Å². The van der Waals surface area contributed by atoms with Crippen LogP contribution in [0.15, 0.2) is 18.2 Å².